The van der Waals surface area contributed by atoms with Gasteiger partial charge in [0, 0.05) is 6.08 Å². The van der Waals surface area contributed by atoms with Crippen LogP contribution in [0, 0.1) is 0 Å². The molecular weight excluding hydrogens is 364 g/mol. The van der Waals surface area contributed by atoms with Gasteiger partial charge in [-0.3, -0.25) is 0 Å². The molecule has 0 rings (SSSR count). The zero-order valence-corrected chi connectivity index (χ0v) is 18.0. The van der Waals surface area contributed by atoms with Crippen molar-refractivity contribution in [3.63, 3.8) is 0 Å². The van der Waals surface area contributed by atoms with Crippen LogP contribution in [0.2, 0.25) is 0 Å². The van der Waals surface area contributed by atoms with Gasteiger partial charge in [0.05, 0.1) is 6.61 Å². The quantitative estimate of drug-likeness (QED) is 0.135. The van der Waals surface area contributed by atoms with Gasteiger partial charge >= 0.3 is 5.97 Å². The Labute approximate surface area is 177 Å². The minimum atomic E-state index is -1.03. The van der Waals surface area contributed by atoms with Crippen LogP contribution in [0.15, 0.2) is 60.8 Å². The van der Waals surface area contributed by atoms with Crippen LogP contribution in [0.3, 0.4) is 0 Å². The van der Waals surface area contributed by atoms with Crippen molar-refractivity contribution in [1.82, 2.24) is 0 Å². The van der Waals surface area contributed by atoms with Gasteiger partial charge in [-0.15, -0.1) is 0 Å². The second-order valence-electron chi connectivity index (χ2n) is 7.03. The van der Waals surface area contributed by atoms with Gasteiger partial charge in [-0.25, -0.2) is 4.79 Å². The van der Waals surface area contributed by atoms with Crippen molar-refractivity contribution in [2.75, 3.05) is 13.2 Å². The Kier molecular flexibility index (Phi) is 20.9. The summed E-state index contributed by atoms with van der Waals surface area (Å²) in [7, 11) is 0. The Morgan fingerprint density at radius 1 is 0.793 bits per heavy atom. The van der Waals surface area contributed by atoms with Crippen molar-refractivity contribution >= 4 is 5.97 Å². The predicted molar refractivity (Wildman–Crippen MR) is 122 cm³/mol. The van der Waals surface area contributed by atoms with Crippen LogP contribution in [0.4, 0.5) is 0 Å². The molecule has 0 aliphatic heterocycles. The molecule has 2 N–H and O–H groups in total. The number of esters is 1. The first kappa shape index (κ1) is 27.1. The van der Waals surface area contributed by atoms with E-state index in [-0.39, 0.29) is 6.61 Å². The molecule has 0 amide bonds. The molecule has 164 valence electrons. The lowest BCUT2D eigenvalue weighted by Gasteiger charge is -2.05. The van der Waals surface area contributed by atoms with Crippen LogP contribution >= 0.6 is 0 Å². The zero-order valence-electron chi connectivity index (χ0n) is 18.0. The third-order valence-corrected chi connectivity index (χ3v) is 4.25. The van der Waals surface area contributed by atoms with Gasteiger partial charge in [-0.05, 0) is 12.8 Å². The van der Waals surface area contributed by atoms with Crippen LogP contribution in [0.5, 0.6) is 0 Å². The molecule has 0 aliphatic rings. The fraction of sp³-hybridized carbons (Fsp3) is 0.560. The van der Waals surface area contributed by atoms with E-state index < -0.39 is 18.7 Å². The van der Waals surface area contributed by atoms with E-state index in [1.54, 1.807) is 12.2 Å². The SMILES string of the molecule is CCCCCCCCCCCC=CC=CC=CC=CC=CC(=O)OCC(O)CO. The summed E-state index contributed by atoms with van der Waals surface area (Å²) in [5.74, 6) is -0.553. The van der Waals surface area contributed by atoms with Crippen molar-refractivity contribution < 1.29 is 19.7 Å². The lowest BCUT2D eigenvalue weighted by molar-refractivity contribution is -0.141. The number of hydrogen-bond donors (Lipinski definition) is 2. The lowest BCUT2D eigenvalue weighted by atomic mass is 10.1. The highest BCUT2D eigenvalue weighted by atomic mass is 16.5. The maximum Gasteiger partial charge on any atom is 0.330 e. The van der Waals surface area contributed by atoms with Crippen molar-refractivity contribution in [3.8, 4) is 0 Å². The van der Waals surface area contributed by atoms with E-state index in [2.05, 4.69) is 19.1 Å². The maximum absolute atomic E-state index is 11.3. The lowest BCUT2D eigenvalue weighted by Crippen LogP contribution is -2.21. The highest BCUT2D eigenvalue weighted by molar-refractivity contribution is 5.82. The summed E-state index contributed by atoms with van der Waals surface area (Å²) in [6.45, 7) is 1.62. The average molecular weight is 405 g/mol. The van der Waals surface area contributed by atoms with Gasteiger partial charge in [0.2, 0.25) is 0 Å². The number of rotatable bonds is 18. The molecule has 0 saturated heterocycles. The van der Waals surface area contributed by atoms with Crippen molar-refractivity contribution in [2.24, 2.45) is 0 Å². The van der Waals surface area contributed by atoms with E-state index in [1.165, 1.54) is 63.9 Å². The third-order valence-electron chi connectivity index (χ3n) is 4.25. The molecule has 0 heterocycles. The molecule has 1 atom stereocenters. The molecule has 0 radical (unpaired) electrons. The number of unbranched alkanes of at least 4 members (excludes halogenated alkanes) is 9. The molecule has 29 heavy (non-hydrogen) atoms. The van der Waals surface area contributed by atoms with Crippen molar-refractivity contribution in [2.45, 2.75) is 77.2 Å². The summed E-state index contributed by atoms with van der Waals surface area (Å²) in [6.07, 6.45) is 30.8. The monoisotopic (exact) mass is 404 g/mol. The first-order valence-corrected chi connectivity index (χ1v) is 11.0. The first-order chi connectivity index (χ1) is 14.2. The summed E-state index contributed by atoms with van der Waals surface area (Å²) in [5, 5.41) is 17.7. The van der Waals surface area contributed by atoms with Gasteiger partial charge < -0.3 is 14.9 Å². The van der Waals surface area contributed by atoms with Crippen molar-refractivity contribution in [3.05, 3.63) is 60.8 Å². The Bertz CT molecular complexity index is 515. The number of allylic oxidation sites excluding steroid dienone is 9. The summed E-state index contributed by atoms with van der Waals surface area (Å²) in [6, 6.07) is 0. The minimum absolute atomic E-state index is 0.208. The fourth-order valence-corrected chi connectivity index (χ4v) is 2.55. The Hall–Kier alpha value is -1.91. The number of carbonyl (C=O) groups is 1. The van der Waals surface area contributed by atoms with E-state index in [0.29, 0.717) is 0 Å². The fourth-order valence-electron chi connectivity index (χ4n) is 2.55. The molecule has 1 unspecified atom stereocenters. The summed E-state index contributed by atoms with van der Waals surface area (Å²) in [5.41, 5.74) is 0. The normalized spacial score (nSPS) is 13.6. The van der Waals surface area contributed by atoms with E-state index in [1.807, 2.05) is 30.4 Å². The second-order valence-corrected chi connectivity index (χ2v) is 7.03. The van der Waals surface area contributed by atoms with E-state index in [0.717, 1.165) is 6.42 Å². The highest BCUT2D eigenvalue weighted by Crippen LogP contribution is 2.10. The molecule has 4 nitrogen and oxygen atoms in total. The smallest absolute Gasteiger partial charge is 0.330 e. The van der Waals surface area contributed by atoms with Gasteiger partial charge in [0.1, 0.15) is 12.7 Å². The molecular formula is C25H40O4. The first-order valence-electron chi connectivity index (χ1n) is 11.0. The van der Waals surface area contributed by atoms with Gasteiger partial charge in [0.15, 0.2) is 0 Å². The third kappa shape index (κ3) is 22.2. The molecule has 0 aromatic heterocycles. The van der Waals surface area contributed by atoms with Crippen LogP contribution in [-0.4, -0.2) is 35.5 Å². The Morgan fingerprint density at radius 3 is 1.90 bits per heavy atom. The second kappa shape index (κ2) is 22.4. The van der Waals surface area contributed by atoms with E-state index >= 15 is 0 Å². The van der Waals surface area contributed by atoms with Crippen LogP contribution in [0.1, 0.15) is 71.1 Å². The van der Waals surface area contributed by atoms with Crippen LogP contribution in [-0.2, 0) is 9.53 Å². The average Bonchev–Trinajstić information content (AvgIpc) is 2.73. The molecule has 0 aliphatic carbocycles. The number of carbonyl (C=O) groups excluding carboxylic acids is 1. The highest BCUT2D eigenvalue weighted by Gasteiger charge is 2.03. The Balaban J connectivity index is 3.61. The van der Waals surface area contributed by atoms with Crippen LogP contribution < -0.4 is 0 Å². The number of hydrogen-bond acceptors (Lipinski definition) is 4. The predicted octanol–water partition coefficient (Wildman–Crippen LogP) is 5.58. The molecule has 0 aromatic rings. The van der Waals surface area contributed by atoms with Crippen molar-refractivity contribution in [1.29, 1.82) is 0 Å². The molecule has 4 heteroatoms. The molecule has 0 spiro atoms. The van der Waals surface area contributed by atoms with E-state index in [9.17, 15) is 4.79 Å². The molecule has 0 aromatic carbocycles. The number of aliphatic hydroxyl groups is 2. The largest absolute Gasteiger partial charge is 0.460 e. The molecule has 0 bridgehead atoms. The van der Waals surface area contributed by atoms with Crippen LogP contribution in [0.25, 0.3) is 0 Å². The molecule has 0 fully saturated rings. The van der Waals surface area contributed by atoms with Gasteiger partial charge in [0.25, 0.3) is 0 Å². The summed E-state index contributed by atoms with van der Waals surface area (Å²) >= 11 is 0. The van der Waals surface area contributed by atoms with E-state index in [4.69, 9.17) is 14.9 Å². The topological polar surface area (TPSA) is 66.8 Å². The number of ether oxygens (including phenoxy) is 1. The van der Waals surface area contributed by atoms with Gasteiger partial charge in [-0.1, -0.05) is 113 Å². The summed E-state index contributed by atoms with van der Waals surface area (Å²) < 4.78 is 4.73. The standard InChI is InChI=1S/C25H40O4/c1-2-3-4-5-6-7-8-9-10-11-12-13-14-15-16-17-18-19-20-21-25(28)29-23-24(27)22-26/h12-21,24,26-27H,2-11,22-23H2,1H3. The maximum atomic E-state index is 11.3. The number of aliphatic hydroxyl groups excluding tert-OH is 2. The zero-order chi connectivity index (χ0) is 21.4. The minimum Gasteiger partial charge on any atom is -0.460 e. The molecule has 0 saturated carbocycles. The van der Waals surface area contributed by atoms with Gasteiger partial charge in [-0.2, -0.15) is 0 Å². The Morgan fingerprint density at radius 2 is 1.31 bits per heavy atom. The summed E-state index contributed by atoms with van der Waals surface area (Å²) in [4.78, 5) is 11.3.